The van der Waals surface area contributed by atoms with Crippen LogP contribution in [-0.4, -0.2) is 40.2 Å². The number of pyridine rings is 1. The van der Waals surface area contributed by atoms with Crippen molar-refractivity contribution in [2.45, 2.75) is 26.7 Å². The van der Waals surface area contributed by atoms with Crippen molar-refractivity contribution in [3.8, 4) is 11.6 Å². The number of aryl methyl sites for hydroxylation is 1. The fourth-order valence-electron chi connectivity index (χ4n) is 3.12. The maximum Gasteiger partial charge on any atom is 0.255 e. The van der Waals surface area contributed by atoms with Crippen LogP contribution in [0.2, 0.25) is 0 Å². The molecule has 0 radical (unpaired) electrons. The maximum atomic E-state index is 12.8. The van der Waals surface area contributed by atoms with Crippen molar-refractivity contribution < 1.29 is 14.3 Å². The predicted octanol–water partition coefficient (Wildman–Crippen LogP) is 3.08. The highest BCUT2D eigenvalue weighted by Crippen LogP contribution is 2.25. The van der Waals surface area contributed by atoms with Gasteiger partial charge in [-0.1, -0.05) is 26.0 Å². The van der Waals surface area contributed by atoms with Gasteiger partial charge in [-0.2, -0.15) is 5.10 Å². The molecular weight excluding hydrogens is 382 g/mol. The van der Waals surface area contributed by atoms with Crippen molar-refractivity contribution >= 4 is 17.5 Å². The first-order chi connectivity index (χ1) is 14.4. The molecule has 0 unspecified atom stereocenters. The molecular formula is C22H25N5O3. The summed E-state index contributed by atoms with van der Waals surface area (Å²) in [6, 6.07) is 11.0. The van der Waals surface area contributed by atoms with E-state index in [4.69, 9.17) is 4.74 Å². The van der Waals surface area contributed by atoms with Crippen LogP contribution in [0.25, 0.3) is 5.82 Å². The van der Waals surface area contributed by atoms with Gasteiger partial charge in [0.05, 0.1) is 36.8 Å². The van der Waals surface area contributed by atoms with Crippen LogP contribution >= 0.6 is 0 Å². The molecule has 0 saturated heterocycles. The predicted molar refractivity (Wildman–Crippen MR) is 114 cm³/mol. The average molecular weight is 407 g/mol. The number of hydrogen-bond acceptors (Lipinski definition) is 5. The second-order valence-electron chi connectivity index (χ2n) is 7.13. The van der Waals surface area contributed by atoms with E-state index in [1.807, 2.05) is 51.1 Å². The number of nitrogens with one attached hydrogen (secondary N) is 2. The molecule has 2 amide bonds. The van der Waals surface area contributed by atoms with E-state index in [1.165, 1.54) is 13.3 Å². The standard InChI is InChI=1S/C22H25N5O3/c1-14(2)21-16(12-25-27(21)19-7-5-6-10-23-19)22(29)24-13-20(28)26-17-11-15(3)8-9-18(17)30-4/h5-12,14H,13H2,1-4H3,(H,24,29)(H,26,28). The van der Waals surface area contributed by atoms with Gasteiger partial charge in [0.15, 0.2) is 5.82 Å². The molecule has 3 aromatic rings. The van der Waals surface area contributed by atoms with Crippen molar-refractivity contribution in [1.82, 2.24) is 20.1 Å². The Bertz CT molecular complexity index is 1040. The van der Waals surface area contributed by atoms with Crippen LogP contribution in [0.15, 0.2) is 48.8 Å². The Morgan fingerprint density at radius 1 is 1.20 bits per heavy atom. The molecule has 1 aromatic carbocycles. The van der Waals surface area contributed by atoms with Crippen LogP contribution in [0.4, 0.5) is 5.69 Å². The first-order valence-corrected chi connectivity index (χ1v) is 9.62. The molecule has 0 aliphatic carbocycles. The molecule has 0 saturated carbocycles. The van der Waals surface area contributed by atoms with E-state index in [2.05, 4.69) is 20.7 Å². The Kier molecular flexibility index (Phi) is 6.46. The molecule has 2 N–H and O–H groups in total. The number of amides is 2. The smallest absolute Gasteiger partial charge is 0.255 e. The lowest BCUT2D eigenvalue weighted by atomic mass is 10.1. The Morgan fingerprint density at radius 3 is 2.67 bits per heavy atom. The molecule has 30 heavy (non-hydrogen) atoms. The molecule has 8 heteroatoms. The first-order valence-electron chi connectivity index (χ1n) is 9.62. The summed E-state index contributed by atoms with van der Waals surface area (Å²) in [7, 11) is 1.54. The summed E-state index contributed by atoms with van der Waals surface area (Å²) in [6.07, 6.45) is 3.17. The topological polar surface area (TPSA) is 98.1 Å². The van der Waals surface area contributed by atoms with E-state index in [0.717, 1.165) is 11.3 Å². The van der Waals surface area contributed by atoms with Crippen molar-refractivity contribution in [3.63, 3.8) is 0 Å². The quantitative estimate of drug-likeness (QED) is 0.627. The van der Waals surface area contributed by atoms with Crippen LogP contribution in [-0.2, 0) is 4.79 Å². The number of carbonyl (C=O) groups is 2. The largest absolute Gasteiger partial charge is 0.495 e. The van der Waals surface area contributed by atoms with E-state index in [1.54, 1.807) is 16.9 Å². The highest BCUT2D eigenvalue weighted by molar-refractivity contribution is 6.00. The van der Waals surface area contributed by atoms with Crippen LogP contribution in [0.3, 0.4) is 0 Å². The number of methoxy groups -OCH3 is 1. The lowest BCUT2D eigenvalue weighted by molar-refractivity contribution is -0.115. The molecule has 0 bridgehead atoms. The third-order valence-corrected chi connectivity index (χ3v) is 4.50. The number of nitrogens with zero attached hydrogens (tertiary/aromatic N) is 3. The second kappa shape index (κ2) is 9.21. The molecule has 3 rings (SSSR count). The van der Waals surface area contributed by atoms with Crippen LogP contribution in [0, 0.1) is 6.92 Å². The van der Waals surface area contributed by atoms with E-state index in [0.29, 0.717) is 22.8 Å². The van der Waals surface area contributed by atoms with Crippen LogP contribution in [0.1, 0.15) is 41.4 Å². The van der Waals surface area contributed by atoms with Crippen molar-refractivity contribution in [3.05, 3.63) is 65.6 Å². The molecule has 0 atom stereocenters. The van der Waals surface area contributed by atoms with Crippen molar-refractivity contribution in [2.24, 2.45) is 0 Å². The number of ether oxygens (including phenoxy) is 1. The average Bonchev–Trinajstić information content (AvgIpc) is 3.18. The fourth-order valence-corrected chi connectivity index (χ4v) is 3.12. The van der Waals surface area contributed by atoms with Gasteiger partial charge in [-0.3, -0.25) is 9.59 Å². The lowest BCUT2D eigenvalue weighted by Gasteiger charge is -2.13. The van der Waals surface area contributed by atoms with Crippen LogP contribution < -0.4 is 15.4 Å². The highest BCUT2D eigenvalue weighted by Gasteiger charge is 2.21. The van der Waals surface area contributed by atoms with Gasteiger partial charge >= 0.3 is 0 Å². The zero-order valence-corrected chi connectivity index (χ0v) is 17.5. The molecule has 8 nitrogen and oxygen atoms in total. The number of rotatable bonds is 7. The van der Waals surface area contributed by atoms with E-state index >= 15 is 0 Å². The summed E-state index contributed by atoms with van der Waals surface area (Å²) in [5.74, 6) is 0.492. The maximum absolute atomic E-state index is 12.8. The van der Waals surface area contributed by atoms with Gasteiger partial charge in [-0.15, -0.1) is 0 Å². The van der Waals surface area contributed by atoms with Crippen LogP contribution in [0.5, 0.6) is 5.75 Å². The molecule has 2 aromatic heterocycles. The number of aromatic nitrogens is 3. The third kappa shape index (κ3) is 4.65. The second-order valence-corrected chi connectivity index (χ2v) is 7.13. The molecule has 156 valence electrons. The lowest BCUT2D eigenvalue weighted by Crippen LogP contribution is -2.33. The number of carbonyl (C=O) groups excluding carboxylic acids is 2. The fraction of sp³-hybridized carbons (Fsp3) is 0.273. The molecule has 0 aliphatic heterocycles. The molecule has 0 spiro atoms. The Labute approximate surface area is 175 Å². The summed E-state index contributed by atoms with van der Waals surface area (Å²) >= 11 is 0. The van der Waals surface area contributed by atoms with Crippen molar-refractivity contribution in [1.29, 1.82) is 0 Å². The minimum absolute atomic E-state index is 0.0284. The van der Waals surface area contributed by atoms with Gasteiger partial charge in [0.1, 0.15) is 5.75 Å². The van der Waals surface area contributed by atoms with Gasteiger partial charge < -0.3 is 15.4 Å². The zero-order valence-electron chi connectivity index (χ0n) is 17.5. The minimum Gasteiger partial charge on any atom is -0.495 e. The van der Waals surface area contributed by atoms with Gasteiger partial charge in [-0.05, 0) is 42.7 Å². The summed E-state index contributed by atoms with van der Waals surface area (Å²) in [5.41, 5.74) is 2.68. The van der Waals surface area contributed by atoms with Gasteiger partial charge in [0.2, 0.25) is 5.91 Å². The first kappa shape index (κ1) is 21.0. The summed E-state index contributed by atoms with van der Waals surface area (Å²) in [6.45, 7) is 5.69. The summed E-state index contributed by atoms with van der Waals surface area (Å²) in [5, 5.41) is 9.77. The SMILES string of the molecule is COc1ccc(C)cc1NC(=O)CNC(=O)c1cnn(-c2ccccn2)c1C(C)C. The number of anilines is 1. The van der Waals surface area contributed by atoms with E-state index in [-0.39, 0.29) is 24.3 Å². The Hall–Kier alpha value is -3.68. The van der Waals surface area contributed by atoms with Gasteiger partial charge in [0, 0.05) is 6.20 Å². The summed E-state index contributed by atoms with van der Waals surface area (Å²) < 4.78 is 6.91. The number of hydrogen-bond donors (Lipinski definition) is 2. The Morgan fingerprint density at radius 2 is 2.00 bits per heavy atom. The molecule has 0 aliphatic rings. The molecule has 2 heterocycles. The highest BCUT2D eigenvalue weighted by atomic mass is 16.5. The van der Waals surface area contributed by atoms with Gasteiger partial charge in [-0.25, -0.2) is 9.67 Å². The summed E-state index contributed by atoms with van der Waals surface area (Å²) in [4.78, 5) is 29.4. The van der Waals surface area contributed by atoms with Crippen molar-refractivity contribution in [2.75, 3.05) is 19.0 Å². The Balaban J connectivity index is 1.72. The van der Waals surface area contributed by atoms with E-state index < -0.39 is 0 Å². The normalized spacial score (nSPS) is 10.7. The zero-order chi connectivity index (χ0) is 21.7. The number of benzene rings is 1. The third-order valence-electron chi connectivity index (χ3n) is 4.50. The minimum atomic E-state index is -0.368. The molecule has 0 fully saturated rings. The van der Waals surface area contributed by atoms with Gasteiger partial charge in [0.25, 0.3) is 5.91 Å². The monoisotopic (exact) mass is 407 g/mol. The van der Waals surface area contributed by atoms with E-state index in [9.17, 15) is 9.59 Å².